The van der Waals surface area contributed by atoms with Crippen LogP contribution < -0.4 is 18.9 Å². The molecule has 32 heavy (non-hydrogen) atoms. The first-order chi connectivity index (χ1) is 15.3. The average Bonchev–Trinajstić information content (AvgIpc) is 2.82. The minimum absolute atomic E-state index is 0.00197. The molecule has 0 bridgehead atoms. The summed E-state index contributed by atoms with van der Waals surface area (Å²) in [6, 6.07) is 19.7. The van der Waals surface area contributed by atoms with Crippen molar-refractivity contribution in [2.45, 2.75) is 11.0 Å². The molecule has 0 spiro atoms. The number of aromatic carboxylic acids is 1. The van der Waals surface area contributed by atoms with Gasteiger partial charge in [-0.3, -0.25) is 4.31 Å². The zero-order valence-electron chi connectivity index (χ0n) is 17.2. The Kier molecular flexibility index (Phi) is 7.34. The number of anilines is 1. The van der Waals surface area contributed by atoms with Gasteiger partial charge in [0.1, 0.15) is 24.2 Å². The smallest absolute Gasteiger partial charge is 0.264 e. The summed E-state index contributed by atoms with van der Waals surface area (Å²) in [7, 11) is -2.56. The molecule has 0 unspecified atom stereocenters. The van der Waals surface area contributed by atoms with Crippen molar-refractivity contribution in [1.82, 2.24) is 0 Å². The predicted molar refractivity (Wildman–Crippen MR) is 116 cm³/mol. The molecule has 0 radical (unpaired) electrons. The van der Waals surface area contributed by atoms with E-state index in [1.54, 1.807) is 42.5 Å². The summed E-state index contributed by atoms with van der Waals surface area (Å²) < 4.78 is 38.2. The summed E-state index contributed by atoms with van der Waals surface area (Å²) in [5.41, 5.74) is -0.0983. The van der Waals surface area contributed by atoms with Crippen LogP contribution in [0.2, 0.25) is 0 Å². The molecule has 3 rings (SSSR count). The van der Waals surface area contributed by atoms with E-state index in [1.807, 2.05) is 0 Å². The van der Waals surface area contributed by atoms with E-state index in [2.05, 4.69) is 0 Å². The van der Waals surface area contributed by atoms with Gasteiger partial charge in [-0.25, -0.2) is 8.42 Å². The summed E-state index contributed by atoms with van der Waals surface area (Å²) in [5, 5.41) is 21.8. The minimum atomic E-state index is -4.10. The molecule has 0 fully saturated rings. The van der Waals surface area contributed by atoms with Crippen molar-refractivity contribution < 1.29 is 32.9 Å². The van der Waals surface area contributed by atoms with Gasteiger partial charge in [-0.15, -0.1) is 0 Å². The zero-order chi connectivity index (χ0) is 23.1. The molecule has 1 N–H and O–H groups in total. The van der Waals surface area contributed by atoms with Crippen molar-refractivity contribution in [1.29, 1.82) is 0 Å². The lowest BCUT2D eigenvalue weighted by Gasteiger charge is -2.27. The van der Waals surface area contributed by atoms with Crippen LogP contribution in [0.5, 0.6) is 11.5 Å². The Bertz CT molecular complexity index is 1150. The first-order valence-corrected chi connectivity index (χ1v) is 11.1. The number of nitrogens with zero attached hydrogens (tertiary/aromatic N) is 1. The van der Waals surface area contributed by atoms with Crippen LogP contribution in [-0.2, 0) is 10.0 Å². The Morgan fingerprint density at radius 2 is 1.66 bits per heavy atom. The molecule has 0 saturated carbocycles. The Morgan fingerprint density at radius 1 is 1.00 bits per heavy atom. The number of carbonyl (C=O) groups is 1. The fraction of sp³-hybridized carbons (Fsp3) is 0.174. The van der Waals surface area contributed by atoms with Crippen LogP contribution >= 0.6 is 0 Å². The van der Waals surface area contributed by atoms with Gasteiger partial charge in [-0.2, -0.15) is 0 Å². The topological polar surface area (TPSA) is 116 Å². The third-order valence-corrected chi connectivity index (χ3v) is 6.39. The Hall–Kier alpha value is -3.56. The van der Waals surface area contributed by atoms with Crippen molar-refractivity contribution in [2.24, 2.45) is 0 Å². The summed E-state index contributed by atoms with van der Waals surface area (Å²) in [4.78, 5) is 11.3. The number of sulfonamides is 1. The van der Waals surface area contributed by atoms with Crippen LogP contribution in [0.1, 0.15) is 10.4 Å². The van der Waals surface area contributed by atoms with Crippen LogP contribution in [0.25, 0.3) is 0 Å². The lowest BCUT2D eigenvalue weighted by molar-refractivity contribution is -0.255. The van der Waals surface area contributed by atoms with Crippen LogP contribution in [0, 0.1) is 0 Å². The fourth-order valence-corrected chi connectivity index (χ4v) is 4.47. The SMILES string of the molecule is COc1ccc(OC[C@@H](O)CN(c2cccc(C(=O)[O-])c2)S(=O)(=O)c2ccccc2)cc1. The number of carboxylic acids is 1. The van der Waals surface area contributed by atoms with Crippen LogP contribution in [0.15, 0.2) is 83.8 Å². The second-order valence-corrected chi connectivity index (χ2v) is 8.69. The largest absolute Gasteiger partial charge is 0.545 e. The molecule has 3 aromatic rings. The quantitative estimate of drug-likeness (QED) is 0.493. The van der Waals surface area contributed by atoms with E-state index < -0.39 is 22.1 Å². The van der Waals surface area contributed by atoms with Gasteiger partial charge >= 0.3 is 0 Å². The molecular formula is C23H22NO7S-. The molecule has 9 heteroatoms. The van der Waals surface area contributed by atoms with Crippen molar-refractivity contribution in [3.8, 4) is 11.5 Å². The highest BCUT2D eigenvalue weighted by molar-refractivity contribution is 7.92. The molecule has 0 aliphatic carbocycles. The third kappa shape index (κ3) is 5.57. The highest BCUT2D eigenvalue weighted by Crippen LogP contribution is 2.25. The second kappa shape index (κ2) is 10.2. The molecule has 3 aromatic carbocycles. The van der Waals surface area contributed by atoms with Gasteiger partial charge in [-0.1, -0.05) is 30.3 Å². The fourth-order valence-electron chi connectivity index (χ4n) is 2.96. The van der Waals surface area contributed by atoms with Crippen LogP contribution in [-0.4, -0.2) is 45.9 Å². The van der Waals surface area contributed by atoms with Gasteiger partial charge in [0, 0.05) is 0 Å². The van der Waals surface area contributed by atoms with Gasteiger partial charge in [-0.05, 0) is 54.1 Å². The molecule has 0 aliphatic rings. The van der Waals surface area contributed by atoms with E-state index in [9.17, 15) is 23.4 Å². The summed E-state index contributed by atoms with van der Waals surface area (Å²) >= 11 is 0. The van der Waals surface area contributed by atoms with Crippen molar-refractivity contribution >= 4 is 21.7 Å². The normalized spacial score (nSPS) is 12.1. The number of carbonyl (C=O) groups excluding carboxylic acids is 1. The molecule has 1 atom stereocenters. The highest BCUT2D eigenvalue weighted by Gasteiger charge is 2.27. The number of carboxylic acid groups (broad SMARTS) is 1. The van der Waals surface area contributed by atoms with E-state index in [-0.39, 0.29) is 29.3 Å². The second-order valence-electron chi connectivity index (χ2n) is 6.83. The van der Waals surface area contributed by atoms with Gasteiger partial charge in [0.15, 0.2) is 0 Å². The maximum absolute atomic E-state index is 13.3. The third-order valence-electron chi connectivity index (χ3n) is 4.58. The van der Waals surface area contributed by atoms with E-state index in [0.717, 1.165) is 4.31 Å². The maximum Gasteiger partial charge on any atom is 0.264 e. The van der Waals surface area contributed by atoms with Gasteiger partial charge in [0.2, 0.25) is 0 Å². The standard InChI is InChI=1S/C23H23NO7S/c1-30-20-10-12-21(13-11-20)31-16-19(25)15-24(18-7-5-6-17(14-18)23(26)27)32(28,29)22-8-3-2-4-9-22/h2-14,19,25H,15-16H2,1H3,(H,26,27)/p-1/t19-/m0/s1. The molecular weight excluding hydrogens is 434 g/mol. The summed E-state index contributed by atoms with van der Waals surface area (Å²) in [5.74, 6) is -0.320. The van der Waals surface area contributed by atoms with Crippen LogP contribution in [0.3, 0.4) is 0 Å². The van der Waals surface area contributed by atoms with E-state index in [1.165, 1.54) is 43.5 Å². The number of hydrogen-bond donors (Lipinski definition) is 1. The van der Waals surface area contributed by atoms with Crippen molar-refractivity contribution in [3.05, 3.63) is 84.4 Å². The molecule has 0 aromatic heterocycles. The van der Waals surface area contributed by atoms with Crippen molar-refractivity contribution in [2.75, 3.05) is 24.6 Å². The van der Waals surface area contributed by atoms with E-state index >= 15 is 0 Å². The van der Waals surface area contributed by atoms with Crippen LogP contribution in [0.4, 0.5) is 5.69 Å². The molecule has 0 amide bonds. The van der Waals surface area contributed by atoms with E-state index in [4.69, 9.17) is 9.47 Å². The average molecular weight is 456 g/mol. The first kappa shape index (κ1) is 23.1. The lowest BCUT2D eigenvalue weighted by Crippen LogP contribution is -2.40. The molecule has 0 aliphatic heterocycles. The molecule has 168 valence electrons. The number of rotatable bonds is 10. The first-order valence-electron chi connectivity index (χ1n) is 9.65. The number of ether oxygens (including phenoxy) is 2. The molecule has 0 heterocycles. The maximum atomic E-state index is 13.3. The number of aliphatic hydroxyl groups is 1. The lowest BCUT2D eigenvalue weighted by atomic mass is 10.2. The monoisotopic (exact) mass is 456 g/mol. The highest BCUT2D eigenvalue weighted by atomic mass is 32.2. The Balaban J connectivity index is 1.85. The molecule has 8 nitrogen and oxygen atoms in total. The number of hydrogen-bond acceptors (Lipinski definition) is 7. The Morgan fingerprint density at radius 3 is 2.28 bits per heavy atom. The molecule has 0 saturated heterocycles. The number of methoxy groups -OCH3 is 1. The Labute approximate surface area is 186 Å². The van der Waals surface area contributed by atoms with Gasteiger partial charge < -0.3 is 24.5 Å². The van der Waals surface area contributed by atoms with Crippen molar-refractivity contribution in [3.63, 3.8) is 0 Å². The van der Waals surface area contributed by atoms with Gasteiger partial charge in [0.05, 0.1) is 30.2 Å². The van der Waals surface area contributed by atoms with E-state index in [0.29, 0.717) is 11.5 Å². The zero-order valence-corrected chi connectivity index (χ0v) is 18.1. The predicted octanol–water partition coefficient (Wildman–Crippen LogP) is 1.69. The van der Waals surface area contributed by atoms with Gasteiger partial charge in [0.25, 0.3) is 10.0 Å². The summed E-state index contributed by atoms with van der Waals surface area (Å²) in [6.45, 7) is -0.544. The number of aliphatic hydroxyl groups excluding tert-OH is 1. The number of benzene rings is 3. The minimum Gasteiger partial charge on any atom is -0.545 e. The summed E-state index contributed by atoms with van der Waals surface area (Å²) in [6.07, 6.45) is -1.21.